The fourth-order valence-electron chi connectivity index (χ4n) is 3.32. The summed E-state index contributed by atoms with van der Waals surface area (Å²) in [6, 6.07) is 1.98. The monoisotopic (exact) mass is 471 g/mol. The molecule has 3 rings (SSSR count). The normalized spacial score (nSPS) is 22.6. The van der Waals surface area contributed by atoms with Crippen LogP contribution >= 0.6 is 22.8 Å². The third-order valence-corrected chi connectivity index (χ3v) is 6.89. The van der Waals surface area contributed by atoms with Crippen molar-refractivity contribution in [3.63, 3.8) is 0 Å². The van der Waals surface area contributed by atoms with E-state index in [1.165, 1.54) is 4.90 Å². The Balaban J connectivity index is 1.72. The van der Waals surface area contributed by atoms with Gasteiger partial charge in [0.25, 0.3) is 6.43 Å². The maximum absolute atomic E-state index is 14.7. The van der Waals surface area contributed by atoms with Crippen molar-refractivity contribution < 1.29 is 36.2 Å². The quantitative estimate of drug-likeness (QED) is 0.448. The molecule has 0 bridgehead atoms. The van der Waals surface area contributed by atoms with Gasteiger partial charge >= 0.3 is 6.09 Å². The van der Waals surface area contributed by atoms with E-state index >= 15 is 0 Å². The van der Waals surface area contributed by atoms with Crippen LogP contribution in [0.4, 0.5) is 33.7 Å². The van der Waals surface area contributed by atoms with Crippen molar-refractivity contribution in [1.29, 1.82) is 0 Å². The number of ether oxygens (including phenoxy) is 1. The second-order valence-corrected chi connectivity index (χ2v) is 9.83. The maximum Gasteiger partial charge on any atom is 0.414 e. The lowest BCUT2D eigenvalue weighted by Crippen LogP contribution is -2.36. The molecule has 0 aliphatic carbocycles. The molecule has 1 atom stereocenters. The van der Waals surface area contributed by atoms with E-state index in [0.717, 1.165) is 17.0 Å². The fraction of sp³-hybridized carbons (Fsp3) is 0.529. The largest absolute Gasteiger partial charge is 0.442 e. The number of nitrogens with one attached hydrogen (secondary N) is 1. The van der Waals surface area contributed by atoms with Crippen LogP contribution in [-0.2, 0) is 4.74 Å². The van der Waals surface area contributed by atoms with Crippen molar-refractivity contribution in [2.75, 3.05) is 47.5 Å². The number of nitrogens with zero attached hydrogens (tertiary/aromatic N) is 2. The Bertz CT molecular complexity index is 807. The lowest BCUT2D eigenvalue weighted by molar-refractivity contribution is 0.142. The highest BCUT2D eigenvalue weighted by Gasteiger charge is 2.34. The molecule has 3 N–H and O–H groups in total. The first-order valence-corrected chi connectivity index (χ1v) is 11.4. The van der Waals surface area contributed by atoms with Gasteiger partial charge in [-0.3, -0.25) is 14.0 Å². The molecule has 2 heterocycles. The number of thiocarbonyl (C=S) groups is 1. The van der Waals surface area contributed by atoms with Crippen LogP contribution in [0.1, 0.15) is 6.42 Å². The van der Waals surface area contributed by atoms with Gasteiger partial charge in [0.1, 0.15) is 16.8 Å². The SMILES string of the molecule is O=C1O[C@@H](CNC(=S)C(F)F)CN1c1cc(F)c(N2CCCS(O)(O)CC2)c(F)c1. The molecule has 7 nitrogen and oxygen atoms in total. The topological polar surface area (TPSA) is 85.3 Å². The van der Waals surface area contributed by atoms with Crippen LogP contribution in [0.25, 0.3) is 0 Å². The Morgan fingerprint density at radius 3 is 2.57 bits per heavy atom. The smallest absolute Gasteiger partial charge is 0.414 e. The van der Waals surface area contributed by atoms with Crippen LogP contribution < -0.4 is 15.1 Å². The summed E-state index contributed by atoms with van der Waals surface area (Å²) in [7, 11) is -2.76. The predicted octanol–water partition coefficient (Wildman–Crippen LogP) is 3.43. The summed E-state index contributed by atoms with van der Waals surface area (Å²) < 4.78 is 79.0. The minimum atomic E-state index is -2.84. The number of carbonyl (C=O) groups excluding carboxylic acids is 1. The van der Waals surface area contributed by atoms with Gasteiger partial charge in [0.15, 0.2) is 11.6 Å². The molecule has 0 aromatic heterocycles. The summed E-state index contributed by atoms with van der Waals surface area (Å²) in [6.07, 6.45) is -4.15. The number of hydrogen-bond acceptors (Lipinski definition) is 6. The molecule has 2 saturated heterocycles. The number of halogens is 4. The number of hydrogen-bond donors (Lipinski definition) is 3. The summed E-state index contributed by atoms with van der Waals surface area (Å²) in [4.78, 5) is 13.8. The van der Waals surface area contributed by atoms with Gasteiger partial charge in [-0.1, -0.05) is 12.2 Å². The van der Waals surface area contributed by atoms with Crippen molar-refractivity contribution >= 4 is 45.3 Å². The molecule has 168 valence electrons. The number of cyclic esters (lactones) is 1. The third kappa shape index (κ3) is 5.25. The zero-order valence-corrected chi connectivity index (χ0v) is 17.3. The van der Waals surface area contributed by atoms with Crippen LogP contribution in [0, 0.1) is 11.6 Å². The number of benzene rings is 1. The minimum absolute atomic E-state index is 0.0151. The van der Waals surface area contributed by atoms with E-state index in [9.17, 15) is 31.5 Å². The molecule has 2 aliphatic rings. The van der Waals surface area contributed by atoms with E-state index < -0.39 is 45.8 Å². The Labute approximate surface area is 177 Å². The van der Waals surface area contributed by atoms with Crippen molar-refractivity contribution in [1.82, 2.24) is 5.32 Å². The third-order valence-electron chi connectivity index (χ3n) is 4.79. The van der Waals surface area contributed by atoms with Gasteiger partial charge in [-0.2, -0.15) is 10.6 Å². The molecule has 1 aromatic rings. The van der Waals surface area contributed by atoms with E-state index in [4.69, 9.17) is 4.74 Å². The number of amides is 1. The standard InChI is InChI=1S/C17H21F4N3O4S2/c18-12-6-10(24-9-11(28-17(24)25)8-22-16(29)15(20)21)7-13(19)14(12)23-2-1-4-30(26,27)5-3-23/h6-7,11,15,26-27H,1-5,8-9H2,(H,22,29)/t11-/m0/s1. The molecule has 0 radical (unpaired) electrons. The van der Waals surface area contributed by atoms with Crippen LogP contribution in [0.15, 0.2) is 12.1 Å². The van der Waals surface area contributed by atoms with Crippen molar-refractivity contribution in [3.05, 3.63) is 23.8 Å². The van der Waals surface area contributed by atoms with Crippen LogP contribution in [0.2, 0.25) is 0 Å². The van der Waals surface area contributed by atoms with Gasteiger partial charge in [0.05, 0.1) is 24.5 Å². The highest BCUT2D eigenvalue weighted by Crippen LogP contribution is 2.41. The lowest BCUT2D eigenvalue weighted by atomic mass is 10.2. The molecule has 13 heteroatoms. The van der Waals surface area contributed by atoms with E-state index in [0.29, 0.717) is 6.42 Å². The molecule has 2 fully saturated rings. The average molecular weight is 471 g/mol. The van der Waals surface area contributed by atoms with Crippen LogP contribution in [0.5, 0.6) is 0 Å². The predicted molar refractivity (Wildman–Crippen MR) is 110 cm³/mol. The first-order valence-electron chi connectivity index (χ1n) is 9.09. The number of anilines is 2. The van der Waals surface area contributed by atoms with Crippen molar-refractivity contribution in [2.24, 2.45) is 0 Å². The number of alkyl halides is 2. The first-order chi connectivity index (χ1) is 14.1. The average Bonchev–Trinajstić information content (AvgIpc) is 2.93. The molecule has 30 heavy (non-hydrogen) atoms. The van der Waals surface area contributed by atoms with Gasteiger partial charge in [-0.15, -0.1) is 0 Å². The Morgan fingerprint density at radius 1 is 1.27 bits per heavy atom. The summed E-state index contributed by atoms with van der Waals surface area (Å²) in [5.41, 5.74) is -0.374. The molecule has 0 saturated carbocycles. The summed E-state index contributed by atoms with van der Waals surface area (Å²) in [5.74, 6) is -1.62. The van der Waals surface area contributed by atoms with E-state index in [1.807, 2.05) is 0 Å². The molecular formula is C17H21F4N3O4S2. The Hall–Kier alpha value is -1.83. The minimum Gasteiger partial charge on any atom is -0.442 e. The number of rotatable bonds is 5. The van der Waals surface area contributed by atoms with Gasteiger partial charge in [-0.05, 0) is 6.42 Å². The van der Waals surface area contributed by atoms with E-state index in [2.05, 4.69) is 17.5 Å². The highest BCUT2D eigenvalue weighted by atomic mass is 32.3. The molecule has 0 spiro atoms. The fourth-order valence-corrected chi connectivity index (χ4v) is 4.71. The lowest BCUT2D eigenvalue weighted by Gasteiger charge is -2.30. The van der Waals surface area contributed by atoms with Crippen LogP contribution in [0.3, 0.4) is 0 Å². The molecule has 1 aromatic carbocycles. The molecular weight excluding hydrogens is 450 g/mol. The van der Waals surface area contributed by atoms with Crippen molar-refractivity contribution in [3.8, 4) is 0 Å². The van der Waals surface area contributed by atoms with E-state index in [1.54, 1.807) is 0 Å². The second-order valence-electron chi connectivity index (χ2n) is 6.97. The van der Waals surface area contributed by atoms with Crippen LogP contribution in [-0.4, -0.2) is 70.4 Å². The zero-order valence-electron chi connectivity index (χ0n) is 15.7. The zero-order chi connectivity index (χ0) is 22.1. The van der Waals surface area contributed by atoms with Gasteiger partial charge in [-0.25, -0.2) is 22.4 Å². The highest BCUT2D eigenvalue weighted by molar-refractivity contribution is 8.24. The van der Waals surface area contributed by atoms with Gasteiger partial charge in [0, 0.05) is 31.0 Å². The summed E-state index contributed by atoms with van der Waals surface area (Å²) in [6.45, 7) is 0.0842. The van der Waals surface area contributed by atoms with Crippen molar-refractivity contribution in [2.45, 2.75) is 19.0 Å². The molecule has 0 unspecified atom stereocenters. The summed E-state index contributed by atoms with van der Waals surface area (Å²) in [5, 5.41) is 2.29. The van der Waals surface area contributed by atoms with E-state index in [-0.39, 0.29) is 49.1 Å². The Kier molecular flexibility index (Phi) is 6.95. The van der Waals surface area contributed by atoms with Gasteiger partial charge in [0.2, 0.25) is 0 Å². The summed E-state index contributed by atoms with van der Waals surface area (Å²) >= 11 is 4.45. The Morgan fingerprint density at radius 2 is 1.93 bits per heavy atom. The maximum atomic E-state index is 14.7. The van der Waals surface area contributed by atoms with Gasteiger partial charge < -0.3 is 15.0 Å². The molecule has 1 amide bonds. The molecule has 2 aliphatic heterocycles. The number of carbonyl (C=O) groups is 1. The second kappa shape index (κ2) is 9.12. The first kappa shape index (κ1) is 22.8.